The van der Waals surface area contributed by atoms with Crippen molar-refractivity contribution in [2.45, 2.75) is 52.1 Å². The second-order valence-corrected chi connectivity index (χ2v) is 6.96. The van der Waals surface area contributed by atoms with Crippen molar-refractivity contribution in [1.82, 2.24) is 0 Å². The minimum absolute atomic E-state index is 0.0569. The topological polar surface area (TPSA) is 52.6 Å². The number of Topliss-reactive ketones (excluding diaryl/α,β-unsaturated/α-hetero) is 2. The fourth-order valence-corrected chi connectivity index (χ4v) is 3.54. The molecule has 0 saturated heterocycles. The summed E-state index contributed by atoms with van der Waals surface area (Å²) < 4.78 is 11.2. The normalized spacial score (nSPS) is 24.5. The minimum Gasteiger partial charge on any atom is -0.497 e. The summed E-state index contributed by atoms with van der Waals surface area (Å²) in [5.74, 6) is 1.70. The van der Waals surface area contributed by atoms with Gasteiger partial charge in [0.25, 0.3) is 0 Å². The Hall–Kier alpha value is -2.10. The number of fused-ring (bicyclic) bond motifs is 1. The van der Waals surface area contributed by atoms with Gasteiger partial charge in [-0.2, -0.15) is 0 Å². The summed E-state index contributed by atoms with van der Waals surface area (Å²) in [6.07, 6.45) is 5.08. The quantitative estimate of drug-likeness (QED) is 0.788. The minimum atomic E-state index is -0.862. The lowest BCUT2D eigenvalue weighted by Gasteiger charge is -2.31. The molecular weight excluding hydrogens is 304 g/mol. The Morgan fingerprint density at radius 1 is 1.29 bits per heavy atom. The maximum absolute atomic E-state index is 12.3. The molecule has 1 atom stereocenters. The van der Waals surface area contributed by atoms with Crippen LogP contribution in [0.15, 0.2) is 24.3 Å². The van der Waals surface area contributed by atoms with Crippen molar-refractivity contribution in [3.8, 4) is 11.5 Å². The number of hydrogen-bond donors (Lipinski definition) is 0. The molecule has 0 N–H and O–H groups in total. The van der Waals surface area contributed by atoms with E-state index in [1.54, 1.807) is 14.0 Å². The van der Waals surface area contributed by atoms with Crippen molar-refractivity contribution >= 4 is 17.1 Å². The molecule has 4 heteroatoms. The zero-order chi connectivity index (χ0) is 17.3. The SMILES string of the molecule is COc1ccc2c(c1)OC(C)CC2=CCC1(C)C(=O)CCCC1=O. The van der Waals surface area contributed by atoms with Gasteiger partial charge < -0.3 is 9.47 Å². The summed E-state index contributed by atoms with van der Waals surface area (Å²) in [6.45, 7) is 3.82. The second kappa shape index (κ2) is 6.42. The molecule has 1 unspecified atom stereocenters. The Bertz CT molecular complexity index is 686. The molecule has 0 bridgehead atoms. The van der Waals surface area contributed by atoms with Gasteiger partial charge in [0.1, 0.15) is 23.1 Å². The van der Waals surface area contributed by atoms with Gasteiger partial charge in [0, 0.05) is 30.9 Å². The van der Waals surface area contributed by atoms with Crippen molar-refractivity contribution in [3.05, 3.63) is 29.8 Å². The number of carbonyl (C=O) groups is 2. The molecule has 2 aliphatic rings. The molecule has 1 saturated carbocycles. The maximum atomic E-state index is 12.3. The van der Waals surface area contributed by atoms with E-state index < -0.39 is 5.41 Å². The van der Waals surface area contributed by atoms with Crippen molar-refractivity contribution < 1.29 is 19.1 Å². The van der Waals surface area contributed by atoms with E-state index in [0.717, 1.165) is 29.1 Å². The Kier molecular flexibility index (Phi) is 4.48. The third-order valence-corrected chi connectivity index (χ3v) is 5.17. The summed E-state index contributed by atoms with van der Waals surface area (Å²) in [5.41, 5.74) is 1.30. The van der Waals surface area contributed by atoms with Crippen LogP contribution in [0.1, 0.15) is 51.5 Å². The lowest BCUT2D eigenvalue weighted by Crippen LogP contribution is -2.39. The van der Waals surface area contributed by atoms with E-state index >= 15 is 0 Å². The van der Waals surface area contributed by atoms with Gasteiger partial charge in [0.2, 0.25) is 0 Å². The molecule has 3 rings (SSSR count). The predicted octanol–water partition coefficient (Wildman–Crippen LogP) is 3.97. The highest BCUT2D eigenvalue weighted by Crippen LogP contribution is 2.40. The van der Waals surface area contributed by atoms with Crippen LogP contribution in [0.4, 0.5) is 0 Å². The molecule has 1 aliphatic carbocycles. The number of methoxy groups -OCH3 is 1. The molecule has 1 aliphatic heterocycles. The van der Waals surface area contributed by atoms with Gasteiger partial charge in [-0.05, 0) is 44.4 Å². The molecule has 1 heterocycles. The van der Waals surface area contributed by atoms with Crippen molar-refractivity contribution in [2.75, 3.05) is 7.11 Å². The highest BCUT2D eigenvalue weighted by Gasteiger charge is 2.41. The first-order valence-electron chi connectivity index (χ1n) is 8.55. The first kappa shape index (κ1) is 16.7. The molecule has 0 aromatic heterocycles. The fourth-order valence-electron chi connectivity index (χ4n) is 3.54. The maximum Gasteiger partial charge on any atom is 0.146 e. The first-order chi connectivity index (χ1) is 11.4. The molecule has 0 radical (unpaired) electrons. The van der Waals surface area contributed by atoms with Crippen molar-refractivity contribution in [3.63, 3.8) is 0 Å². The largest absolute Gasteiger partial charge is 0.497 e. The molecule has 1 aromatic rings. The van der Waals surface area contributed by atoms with Crippen LogP contribution in [0.3, 0.4) is 0 Å². The number of ether oxygens (including phenoxy) is 2. The molecule has 1 fully saturated rings. The Balaban J connectivity index is 1.91. The summed E-state index contributed by atoms with van der Waals surface area (Å²) in [7, 11) is 1.63. The highest BCUT2D eigenvalue weighted by molar-refractivity contribution is 6.08. The van der Waals surface area contributed by atoms with Crippen LogP contribution in [0.5, 0.6) is 11.5 Å². The van der Waals surface area contributed by atoms with E-state index in [1.807, 2.05) is 25.1 Å². The zero-order valence-electron chi connectivity index (χ0n) is 14.6. The number of ketones is 2. The highest BCUT2D eigenvalue weighted by atomic mass is 16.5. The summed E-state index contributed by atoms with van der Waals surface area (Å²) in [5, 5.41) is 0. The van der Waals surface area contributed by atoms with Gasteiger partial charge in [0.05, 0.1) is 18.6 Å². The Labute approximate surface area is 142 Å². The van der Waals surface area contributed by atoms with Gasteiger partial charge in [-0.15, -0.1) is 0 Å². The fraction of sp³-hybridized carbons (Fsp3) is 0.500. The average Bonchev–Trinajstić information content (AvgIpc) is 2.57. The molecule has 1 aromatic carbocycles. The van der Waals surface area contributed by atoms with E-state index in [1.165, 1.54) is 0 Å². The smallest absolute Gasteiger partial charge is 0.146 e. The van der Waals surface area contributed by atoms with Crippen LogP contribution in [-0.2, 0) is 9.59 Å². The summed E-state index contributed by atoms with van der Waals surface area (Å²) >= 11 is 0. The Morgan fingerprint density at radius 2 is 2.00 bits per heavy atom. The van der Waals surface area contributed by atoms with E-state index in [-0.39, 0.29) is 17.7 Å². The number of hydrogen-bond acceptors (Lipinski definition) is 4. The summed E-state index contributed by atoms with van der Waals surface area (Å²) in [6, 6.07) is 5.78. The van der Waals surface area contributed by atoms with Crippen LogP contribution in [0, 0.1) is 5.41 Å². The lowest BCUT2D eigenvalue weighted by molar-refractivity contribution is -0.142. The molecular formula is C20H24O4. The first-order valence-corrected chi connectivity index (χ1v) is 8.55. The van der Waals surface area contributed by atoms with Crippen LogP contribution in [0.2, 0.25) is 0 Å². The lowest BCUT2D eigenvalue weighted by atomic mass is 9.71. The number of carbonyl (C=O) groups excluding carboxylic acids is 2. The van der Waals surface area contributed by atoms with Gasteiger partial charge in [-0.25, -0.2) is 0 Å². The van der Waals surface area contributed by atoms with E-state index in [2.05, 4.69) is 6.08 Å². The van der Waals surface area contributed by atoms with Crippen molar-refractivity contribution in [1.29, 1.82) is 0 Å². The van der Waals surface area contributed by atoms with Crippen LogP contribution in [-0.4, -0.2) is 24.8 Å². The number of rotatable bonds is 3. The van der Waals surface area contributed by atoms with Crippen LogP contribution >= 0.6 is 0 Å². The molecule has 0 amide bonds. The standard InChI is InChI=1S/C20H24O4/c1-13-11-14(16-8-7-15(23-3)12-17(16)24-13)9-10-20(2)18(21)5-4-6-19(20)22/h7-9,12-13H,4-6,10-11H2,1-3H3. The third-order valence-electron chi connectivity index (χ3n) is 5.17. The predicted molar refractivity (Wildman–Crippen MR) is 92.3 cm³/mol. The van der Waals surface area contributed by atoms with Gasteiger partial charge >= 0.3 is 0 Å². The summed E-state index contributed by atoms with van der Waals surface area (Å²) in [4.78, 5) is 24.6. The Morgan fingerprint density at radius 3 is 2.67 bits per heavy atom. The van der Waals surface area contributed by atoms with Crippen molar-refractivity contribution in [2.24, 2.45) is 5.41 Å². The van der Waals surface area contributed by atoms with Gasteiger partial charge in [0.15, 0.2) is 0 Å². The zero-order valence-corrected chi connectivity index (χ0v) is 14.6. The number of allylic oxidation sites excluding steroid dienone is 1. The molecule has 4 nitrogen and oxygen atoms in total. The average molecular weight is 328 g/mol. The van der Waals surface area contributed by atoms with Gasteiger partial charge in [-0.1, -0.05) is 6.08 Å². The van der Waals surface area contributed by atoms with E-state index in [0.29, 0.717) is 25.7 Å². The molecule has 128 valence electrons. The van der Waals surface area contributed by atoms with E-state index in [4.69, 9.17) is 9.47 Å². The molecule has 0 spiro atoms. The van der Waals surface area contributed by atoms with Gasteiger partial charge in [-0.3, -0.25) is 9.59 Å². The van der Waals surface area contributed by atoms with Crippen LogP contribution in [0.25, 0.3) is 5.57 Å². The second-order valence-electron chi connectivity index (χ2n) is 6.96. The molecule has 24 heavy (non-hydrogen) atoms. The third kappa shape index (κ3) is 2.97. The monoisotopic (exact) mass is 328 g/mol. The van der Waals surface area contributed by atoms with Crippen LogP contribution < -0.4 is 9.47 Å². The van der Waals surface area contributed by atoms with E-state index in [9.17, 15) is 9.59 Å². The number of benzene rings is 1.